The SMILES string of the molecule is C=CC1C=NC(CC)=CC1. The first-order chi connectivity index (χ1) is 4.86. The van der Waals surface area contributed by atoms with E-state index in [0.717, 1.165) is 12.8 Å². The summed E-state index contributed by atoms with van der Waals surface area (Å²) in [6.07, 6.45) is 8.22. The Morgan fingerprint density at radius 3 is 3.10 bits per heavy atom. The van der Waals surface area contributed by atoms with Gasteiger partial charge in [0.25, 0.3) is 0 Å². The lowest BCUT2D eigenvalue weighted by Gasteiger charge is -2.09. The van der Waals surface area contributed by atoms with Crippen LogP contribution in [0.4, 0.5) is 0 Å². The molecule has 0 radical (unpaired) electrons. The minimum atomic E-state index is 0.468. The maximum absolute atomic E-state index is 4.27. The van der Waals surface area contributed by atoms with Crippen molar-refractivity contribution in [3.8, 4) is 0 Å². The van der Waals surface area contributed by atoms with Gasteiger partial charge in [0.15, 0.2) is 0 Å². The van der Waals surface area contributed by atoms with E-state index >= 15 is 0 Å². The molecule has 0 spiro atoms. The zero-order chi connectivity index (χ0) is 7.40. The van der Waals surface area contributed by atoms with Gasteiger partial charge in [0.1, 0.15) is 0 Å². The smallest absolute Gasteiger partial charge is 0.0357 e. The first-order valence-electron chi connectivity index (χ1n) is 3.72. The molecule has 0 fully saturated rings. The van der Waals surface area contributed by atoms with Gasteiger partial charge in [-0.15, -0.1) is 6.58 Å². The van der Waals surface area contributed by atoms with Crippen molar-refractivity contribution in [2.24, 2.45) is 10.9 Å². The molecule has 0 aromatic rings. The average molecular weight is 135 g/mol. The first kappa shape index (κ1) is 7.26. The molecule has 1 heteroatoms. The van der Waals surface area contributed by atoms with Crippen molar-refractivity contribution in [3.63, 3.8) is 0 Å². The van der Waals surface area contributed by atoms with Gasteiger partial charge in [-0.05, 0) is 12.8 Å². The lowest BCUT2D eigenvalue weighted by molar-refractivity contribution is 0.851. The lowest BCUT2D eigenvalue weighted by Crippen LogP contribution is -2.00. The monoisotopic (exact) mass is 135 g/mol. The number of rotatable bonds is 2. The van der Waals surface area contributed by atoms with E-state index < -0.39 is 0 Å². The normalized spacial score (nSPS) is 24.1. The predicted octanol–water partition coefficient (Wildman–Crippen LogP) is 2.56. The Morgan fingerprint density at radius 2 is 2.70 bits per heavy atom. The molecule has 1 rings (SSSR count). The molecule has 1 aliphatic rings. The molecule has 0 N–H and O–H groups in total. The van der Waals surface area contributed by atoms with Crippen LogP contribution in [-0.4, -0.2) is 6.21 Å². The molecule has 1 heterocycles. The summed E-state index contributed by atoms with van der Waals surface area (Å²) >= 11 is 0. The third-order valence-corrected chi connectivity index (χ3v) is 1.72. The van der Waals surface area contributed by atoms with E-state index in [1.54, 1.807) is 0 Å². The third kappa shape index (κ3) is 1.56. The van der Waals surface area contributed by atoms with Crippen LogP contribution in [-0.2, 0) is 0 Å². The van der Waals surface area contributed by atoms with Crippen LogP contribution in [0.5, 0.6) is 0 Å². The number of hydrogen-bond donors (Lipinski definition) is 0. The molecule has 10 heavy (non-hydrogen) atoms. The number of aliphatic imine (C=N–C) groups is 1. The number of hydrogen-bond acceptors (Lipinski definition) is 1. The Kier molecular flexibility index (Phi) is 2.43. The van der Waals surface area contributed by atoms with Crippen LogP contribution >= 0.6 is 0 Å². The van der Waals surface area contributed by atoms with Crippen molar-refractivity contribution in [1.82, 2.24) is 0 Å². The van der Waals surface area contributed by atoms with Gasteiger partial charge in [0.05, 0.1) is 0 Å². The fourth-order valence-electron chi connectivity index (χ4n) is 0.970. The van der Waals surface area contributed by atoms with E-state index in [1.807, 2.05) is 12.3 Å². The molecule has 1 aliphatic heterocycles. The highest BCUT2D eigenvalue weighted by atomic mass is 14.7. The Hall–Kier alpha value is -0.850. The van der Waals surface area contributed by atoms with Crippen LogP contribution in [0, 0.1) is 5.92 Å². The molecule has 1 unspecified atom stereocenters. The Balaban J connectivity index is 2.54. The Labute approximate surface area is 62.2 Å². The molecule has 0 aromatic heterocycles. The van der Waals surface area contributed by atoms with Crippen molar-refractivity contribution in [2.45, 2.75) is 19.8 Å². The van der Waals surface area contributed by atoms with Crippen molar-refractivity contribution >= 4 is 6.21 Å². The van der Waals surface area contributed by atoms with Crippen LogP contribution in [0.1, 0.15) is 19.8 Å². The van der Waals surface area contributed by atoms with Crippen LogP contribution in [0.3, 0.4) is 0 Å². The highest BCUT2D eigenvalue weighted by Crippen LogP contribution is 2.14. The topological polar surface area (TPSA) is 12.4 Å². The number of allylic oxidation sites excluding steroid dienone is 3. The lowest BCUT2D eigenvalue weighted by atomic mass is 10.0. The Morgan fingerprint density at radius 1 is 1.90 bits per heavy atom. The zero-order valence-electron chi connectivity index (χ0n) is 6.38. The van der Waals surface area contributed by atoms with Gasteiger partial charge in [0.2, 0.25) is 0 Å². The second-order valence-corrected chi connectivity index (χ2v) is 2.46. The third-order valence-electron chi connectivity index (χ3n) is 1.72. The molecule has 0 aromatic carbocycles. The van der Waals surface area contributed by atoms with E-state index in [0.29, 0.717) is 5.92 Å². The van der Waals surface area contributed by atoms with Crippen LogP contribution in [0.25, 0.3) is 0 Å². The van der Waals surface area contributed by atoms with Crippen molar-refractivity contribution in [2.75, 3.05) is 0 Å². The maximum Gasteiger partial charge on any atom is 0.0357 e. The van der Waals surface area contributed by atoms with E-state index in [1.165, 1.54) is 5.70 Å². The molecule has 0 saturated carbocycles. The van der Waals surface area contributed by atoms with Gasteiger partial charge in [0, 0.05) is 17.8 Å². The molecule has 0 saturated heterocycles. The second-order valence-electron chi connectivity index (χ2n) is 2.46. The van der Waals surface area contributed by atoms with Gasteiger partial charge >= 0.3 is 0 Å². The molecule has 1 atom stereocenters. The van der Waals surface area contributed by atoms with E-state index in [4.69, 9.17) is 0 Å². The van der Waals surface area contributed by atoms with E-state index in [2.05, 4.69) is 24.6 Å². The van der Waals surface area contributed by atoms with Gasteiger partial charge in [-0.3, -0.25) is 4.99 Å². The standard InChI is InChI=1S/C9H13N/c1-3-8-5-6-9(4-2)10-7-8/h3,6-8H,1,4-5H2,2H3. The highest BCUT2D eigenvalue weighted by molar-refractivity contribution is 5.66. The van der Waals surface area contributed by atoms with E-state index in [-0.39, 0.29) is 0 Å². The van der Waals surface area contributed by atoms with Crippen LogP contribution in [0.2, 0.25) is 0 Å². The fraction of sp³-hybridized carbons (Fsp3) is 0.444. The second kappa shape index (κ2) is 3.35. The summed E-state index contributed by atoms with van der Waals surface area (Å²) in [6.45, 7) is 5.84. The average Bonchev–Trinajstić information content (AvgIpc) is 2.05. The quantitative estimate of drug-likeness (QED) is 0.516. The largest absolute Gasteiger partial charge is 0.265 e. The van der Waals surface area contributed by atoms with Gasteiger partial charge in [-0.2, -0.15) is 0 Å². The summed E-state index contributed by atoms with van der Waals surface area (Å²) in [5.74, 6) is 0.468. The minimum absolute atomic E-state index is 0.468. The molecule has 1 nitrogen and oxygen atoms in total. The number of nitrogens with zero attached hydrogens (tertiary/aromatic N) is 1. The van der Waals surface area contributed by atoms with Crippen LogP contribution in [0.15, 0.2) is 29.4 Å². The van der Waals surface area contributed by atoms with E-state index in [9.17, 15) is 0 Å². The molecular weight excluding hydrogens is 122 g/mol. The highest BCUT2D eigenvalue weighted by Gasteiger charge is 2.03. The van der Waals surface area contributed by atoms with Crippen LogP contribution < -0.4 is 0 Å². The molecule has 0 bridgehead atoms. The summed E-state index contributed by atoms with van der Waals surface area (Å²) in [4.78, 5) is 4.27. The molecule has 0 aliphatic carbocycles. The first-order valence-corrected chi connectivity index (χ1v) is 3.72. The summed E-state index contributed by atoms with van der Waals surface area (Å²) in [6, 6.07) is 0. The summed E-state index contributed by atoms with van der Waals surface area (Å²) in [7, 11) is 0. The molecule has 54 valence electrons. The maximum atomic E-state index is 4.27. The molecule has 0 amide bonds. The predicted molar refractivity (Wildman–Crippen MR) is 45.2 cm³/mol. The van der Waals surface area contributed by atoms with Crippen molar-refractivity contribution in [1.29, 1.82) is 0 Å². The zero-order valence-corrected chi connectivity index (χ0v) is 6.38. The van der Waals surface area contributed by atoms with Gasteiger partial charge in [-0.25, -0.2) is 0 Å². The fourth-order valence-corrected chi connectivity index (χ4v) is 0.970. The molecular formula is C9H13N. The summed E-state index contributed by atoms with van der Waals surface area (Å²) < 4.78 is 0. The van der Waals surface area contributed by atoms with Crippen molar-refractivity contribution in [3.05, 3.63) is 24.4 Å². The summed E-state index contributed by atoms with van der Waals surface area (Å²) in [5.41, 5.74) is 1.21. The van der Waals surface area contributed by atoms with Gasteiger partial charge < -0.3 is 0 Å². The minimum Gasteiger partial charge on any atom is -0.265 e. The van der Waals surface area contributed by atoms with Crippen molar-refractivity contribution < 1.29 is 0 Å². The Bertz CT molecular complexity index is 177. The summed E-state index contributed by atoms with van der Waals surface area (Å²) in [5, 5.41) is 0. The van der Waals surface area contributed by atoms with Gasteiger partial charge in [-0.1, -0.05) is 19.1 Å².